The van der Waals surface area contributed by atoms with Crippen LogP contribution in [-0.4, -0.2) is 23.5 Å². The Labute approximate surface area is 144 Å². The van der Waals surface area contributed by atoms with Crippen LogP contribution in [0.4, 0.5) is 13.2 Å². The number of nitrogens with one attached hydrogen (secondary N) is 1. The van der Waals surface area contributed by atoms with Gasteiger partial charge in [0.2, 0.25) is 5.91 Å². The van der Waals surface area contributed by atoms with Crippen molar-refractivity contribution < 1.29 is 27.9 Å². The van der Waals surface area contributed by atoms with Crippen LogP contribution < -0.4 is 5.32 Å². The third-order valence-corrected chi connectivity index (χ3v) is 4.41. The molecule has 1 aromatic carbocycles. The van der Waals surface area contributed by atoms with E-state index in [9.17, 15) is 22.8 Å². The Hall–Kier alpha value is -2.05. The van der Waals surface area contributed by atoms with E-state index in [0.717, 1.165) is 25.3 Å². The molecule has 0 bridgehead atoms. The first-order valence-electron chi connectivity index (χ1n) is 8.46. The Bertz CT molecular complexity index is 616. The molecular formula is C18H22F3NO3. The molecule has 0 aliphatic heterocycles. The summed E-state index contributed by atoms with van der Waals surface area (Å²) in [5, 5.41) is 11.3. The smallest absolute Gasteiger partial charge is 0.416 e. The number of benzene rings is 1. The number of unbranched alkanes of at least 4 members (excludes halogenated alkanes) is 3. The predicted molar refractivity (Wildman–Crippen MR) is 86.0 cm³/mol. The Morgan fingerprint density at radius 3 is 2.48 bits per heavy atom. The van der Waals surface area contributed by atoms with Crippen molar-refractivity contribution in [1.29, 1.82) is 0 Å². The normalized spacial score (nSPS) is 19.5. The monoisotopic (exact) mass is 357 g/mol. The highest BCUT2D eigenvalue weighted by Crippen LogP contribution is 2.50. The second kappa shape index (κ2) is 8.36. The van der Waals surface area contributed by atoms with Gasteiger partial charge in [-0.05, 0) is 36.8 Å². The second-order valence-electron chi connectivity index (χ2n) is 6.38. The number of carboxylic acids is 1. The summed E-state index contributed by atoms with van der Waals surface area (Å²) in [6, 6.07) is 5.42. The lowest BCUT2D eigenvalue weighted by Gasteiger charge is -2.12. The molecule has 1 aliphatic carbocycles. The summed E-state index contributed by atoms with van der Waals surface area (Å²) in [6.45, 7) is 0.468. The fourth-order valence-electron chi connectivity index (χ4n) is 3.00. The molecule has 1 saturated carbocycles. The minimum absolute atomic E-state index is 0.148. The van der Waals surface area contributed by atoms with Crippen LogP contribution in [0, 0.1) is 5.92 Å². The molecule has 1 amide bonds. The highest BCUT2D eigenvalue weighted by molar-refractivity contribution is 5.83. The van der Waals surface area contributed by atoms with Crippen LogP contribution in [0.5, 0.6) is 0 Å². The van der Waals surface area contributed by atoms with Crippen LogP contribution in [0.2, 0.25) is 0 Å². The van der Waals surface area contributed by atoms with E-state index in [1.165, 1.54) is 12.1 Å². The number of hydrogen-bond donors (Lipinski definition) is 2. The zero-order chi connectivity index (χ0) is 18.4. The molecule has 0 saturated heterocycles. The SMILES string of the molecule is O=C(O)CCCCCCNC(=O)C1CC1c1ccccc1C(F)(F)F. The molecule has 2 rings (SSSR count). The maximum Gasteiger partial charge on any atom is 0.416 e. The Kier molecular flexibility index (Phi) is 6.45. The number of rotatable bonds is 9. The number of amides is 1. The zero-order valence-electron chi connectivity index (χ0n) is 13.8. The molecule has 7 heteroatoms. The van der Waals surface area contributed by atoms with Gasteiger partial charge in [0.05, 0.1) is 5.56 Å². The van der Waals surface area contributed by atoms with Crippen molar-refractivity contribution in [1.82, 2.24) is 5.32 Å². The van der Waals surface area contributed by atoms with Crippen LogP contribution in [0.25, 0.3) is 0 Å². The molecule has 0 radical (unpaired) electrons. The summed E-state index contributed by atoms with van der Waals surface area (Å²) in [7, 11) is 0. The van der Waals surface area contributed by atoms with Gasteiger partial charge in [-0.2, -0.15) is 13.2 Å². The number of alkyl halides is 3. The lowest BCUT2D eigenvalue weighted by atomic mass is 10.0. The Morgan fingerprint density at radius 2 is 1.80 bits per heavy atom. The summed E-state index contributed by atoms with van der Waals surface area (Å²) in [4.78, 5) is 22.4. The minimum atomic E-state index is -4.41. The molecular weight excluding hydrogens is 335 g/mol. The van der Waals surface area contributed by atoms with Gasteiger partial charge in [0.1, 0.15) is 0 Å². The fourth-order valence-corrected chi connectivity index (χ4v) is 3.00. The van der Waals surface area contributed by atoms with E-state index in [1.54, 1.807) is 6.07 Å². The van der Waals surface area contributed by atoms with Crippen molar-refractivity contribution in [3.05, 3.63) is 35.4 Å². The molecule has 1 fully saturated rings. The summed E-state index contributed by atoms with van der Waals surface area (Å²) in [5.41, 5.74) is -0.461. The van der Waals surface area contributed by atoms with Crippen LogP contribution in [-0.2, 0) is 15.8 Å². The first-order valence-corrected chi connectivity index (χ1v) is 8.46. The maximum absolute atomic E-state index is 13.0. The molecule has 25 heavy (non-hydrogen) atoms. The third kappa shape index (κ3) is 5.76. The van der Waals surface area contributed by atoms with E-state index in [1.807, 2.05) is 0 Å². The first-order chi connectivity index (χ1) is 11.8. The van der Waals surface area contributed by atoms with Crippen molar-refractivity contribution in [2.24, 2.45) is 5.92 Å². The van der Waals surface area contributed by atoms with Crippen molar-refractivity contribution in [2.45, 2.75) is 50.6 Å². The largest absolute Gasteiger partial charge is 0.481 e. The maximum atomic E-state index is 13.0. The highest BCUT2D eigenvalue weighted by Gasteiger charge is 2.47. The average molecular weight is 357 g/mol. The van der Waals surface area contributed by atoms with Crippen molar-refractivity contribution in [2.75, 3.05) is 6.54 Å². The van der Waals surface area contributed by atoms with Gasteiger partial charge >= 0.3 is 12.1 Å². The van der Waals surface area contributed by atoms with E-state index in [4.69, 9.17) is 5.11 Å². The molecule has 2 unspecified atom stereocenters. The minimum Gasteiger partial charge on any atom is -0.481 e. The van der Waals surface area contributed by atoms with Gasteiger partial charge in [-0.15, -0.1) is 0 Å². The quantitative estimate of drug-likeness (QED) is 0.658. The van der Waals surface area contributed by atoms with Gasteiger partial charge in [-0.25, -0.2) is 0 Å². The first kappa shape index (κ1) is 19.3. The van der Waals surface area contributed by atoms with Gasteiger partial charge in [-0.1, -0.05) is 31.0 Å². The molecule has 0 heterocycles. The van der Waals surface area contributed by atoms with Gasteiger partial charge in [0, 0.05) is 18.9 Å². The van der Waals surface area contributed by atoms with Crippen molar-refractivity contribution >= 4 is 11.9 Å². The average Bonchev–Trinajstić information content (AvgIpc) is 3.33. The molecule has 138 valence electrons. The van der Waals surface area contributed by atoms with E-state index in [0.29, 0.717) is 19.4 Å². The summed E-state index contributed by atoms with van der Waals surface area (Å²) >= 11 is 0. The second-order valence-corrected chi connectivity index (χ2v) is 6.38. The topological polar surface area (TPSA) is 66.4 Å². The summed E-state index contributed by atoms with van der Waals surface area (Å²) in [6.07, 6.45) is -0.863. The number of carbonyl (C=O) groups excluding carboxylic acids is 1. The number of carbonyl (C=O) groups is 2. The van der Waals surface area contributed by atoms with Gasteiger partial charge in [0.15, 0.2) is 0 Å². The van der Waals surface area contributed by atoms with E-state index in [2.05, 4.69) is 5.32 Å². The van der Waals surface area contributed by atoms with Crippen molar-refractivity contribution in [3.63, 3.8) is 0 Å². The molecule has 2 N–H and O–H groups in total. The lowest BCUT2D eigenvalue weighted by Crippen LogP contribution is -2.26. The standard InChI is InChI=1S/C18H22F3NO3/c19-18(20,21)15-8-5-4-7-12(15)13-11-14(13)17(25)22-10-6-2-1-3-9-16(23)24/h4-5,7-8,13-14H,1-3,6,9-11H2,(H,22,25)(H,23,24). The lowest BCUT2D eigenvalue weighted by molar-refractivity contribution is -0.138. The van der Waals surface area contributed by atoms with Crippen LogP contribution >= 0.6 is 0 Å². The predicted octanol–water partition coefficient (Wildman–Crippen LogP) is 3.96. The number of carboxylic acid groups (broad SMARTS) is 1. The third-order valence-electron chi connectivity index (χ3n) is 4.41. The summed E-state index contributed by atoms with van der Waals surface area (Å²) in [5.74, 6) is -1.77. The van der Waals surface area contributed by atoms with E-state index < -0.39 is 23.6 Å². The van der Waals surface area contributed by atoms with Crippen LogP contribution in [0.3, 0.4) is 0 Å². The van der Waals surface area contributed by atoms with Gasteiger partial charge in [-0.3, -0.25) is 9.59 Å². The van der Waals surface area contributed by atoms with Gasteiger partial charge < -0.3 is 10.4 Å². The van der Waals surface area contributed by atoms with Gasteiger partial charge in [0.25, 0.3) is 0 Å². The Balaban J connectivity index is 1.73. The molecule has 2 atom stereocenters. The fraction of sp³-hybridized carbons (Fsp3) is 0.556. The molecule has 1 aromatic rings. The zero-order valence-corrected chi connectivity index (χ0v) is 13.8. The van der Waals surface area contributed by atoms with Crippen molar-refractivity contribution in [3.8, 4) is 0 Å². The molecule has 0 aromatic heterocycles. The Morgan fingerprint density at radius 1 is 1.12 bits per heavy atom. The number of hydrogen-bond acceptors (Lipinski definition) is 2. The molecule has 0 spiro atoms. The van der Waals surface area contributed by atoms with Crippen LogP contribution in [0.1, 0.15) is 55.6 Å². The summed E-state index contributed by atoms with van der Waals surface area (Å²) < 4.78 is 39.1. The highest BCUT2D eigenvalue weighted by atomic mass is 19.4. The number of halogens is 3. The van der Waals surface area contributed by atoms with E-state index >= 15 is 0 Å². The molecule has 1 aliphatic rings. The molecule has 4 nitrogen and oxygen atoms in total. The number of aliphatic carboxylic acids is 1. The van der Waals surface area contributed by atoms with E-state index in [-0.39, 0.29) is 23.8 Å². The van der Waals surface area contributed by atoms with Crippen LogP contribution in [0.15, 0.2) is 24.3 Å².